The van der Waals surface area contributed by atoms with Crippen molar-refractivity contribution in [2.24, 2.45) is 46.7 Å². The van der Waals surface area contributed by atoms with E-state index in [1.54, 1.807) is 6.07 Å². The van der Waals surface area contributed by atoms with E-state index in [1.165, 1.54) is 82.8 Å². The second kappa shape index (κ2) is 16.2. The van der Waals surface area contributed by atoms with Crippen LogP contribution in [-0.4, -0.2) is 16.2 Å². The lowest BCUT2D eigenvalue weighted by Crippen LogP contribution is -2.54. The maximum absolute atomic E-state index is 13.6. The number of benzene rings is 1. The summed E-state index contributed by atoms with van der Waals surface area (Å²) in [7, 11) is 0. The van der Waals surface area contributed by atoms with Crippen molar-refractivity contribution in [3.8, 4) is 6.07 Å². The highest BCUT2D eigenvalue weighted by Gasteiger charge is 2.53. The van der Waals surface area contributed by atoms with Crippen LogP contribution in [0, 0.1) is 52.3 Å². The van der Waals surface area contributed by atoms with E-state index < -0.39 is 32.5 Å². The minimum atomic E-state index is -4.39. The maximum atomic E-state index is 13.6. The van der Waals surface area contributed by atoms with Gasteiger partial charge >= 0.3 is 6.18 Å². The Balaban J connectivity index is 1.26. The highest BCUT2D eigenvalue weighted by molar-refractivity contribution is 14.2. The molecule has 47 heavy (non-hydrogen) atoms. The van der Waals surface area contributed by atoms with Crippen molar-refractivity contribution in [3.63, 3.8) is 0 Å². The first-order chi connectivity index (χ1) is 22.5. The average molecular weight is 763 g/mol. The molecule has 3 bridgehead atoms. The summed E-state index contributed by atoms with van der Waals surface area (Å²) in [5, 5.41) is 17.2. The van der Waals surface area contributed by atoms with E-state index in [-0.39, 0.29) is 17.5 Å². The summed E-state index contributed by atoms with van der Waals surface area (Å²) in [6, 6.07) is 8.42. The van der Waals surface area contributed by atoms with Gasteiger partial charge in [-0.2, -0.15) is 18.4 Å². The first-order valence-electron chi connectivity index (χ1n) is 17.8. The minimum Gasteiger partial charge on any atom is -0.379 e. The van der Waals surface area contributed by atoms with Crippen LogP contribution in [0.5, 0.6) is 0 Å². The lowest BCUT2D eigenvalue weighted by atomic mass is 9.48. The topological polar surface area (TPSA) is 73.9 Å². The molecular weight excluding hydrogens is 708 g/mol. The van der Waals surface area contributed by atoms with Gasteiger partial charge in [0.15, 0.2) is 0 Å². The number of nitrogens with one attached hydrogen (secondary N) is 2. The van der Waals surface area contributed by atoms with Crippen molar-refractivity contribution < 1.29 is 13.2 Å². The second-order valence-electron chi connectivity index (χ2n) is 14.9. The Morgan fingerprint density at radius 1 is 1.04 bits per heavy atom. The molecule has 4 aliphatic rings. The molecule has 4 saturated carbocycles. The average Bonchev–Trinajstić information content (AvgIpc) is 3.04. The molecule has 8 heteroatoms. The smallest absolute Gasteiger partial charge is 0.379 e. The first-order valence-corrected chi connectivity index (χ1v) is 20.0. The van der Waals surface area contributed by atoms with Crippen LogP contribution in [0.15, 0.2) is 57.8 Å². The lowest BCUT2D eigenvalue weighted by molar-refractivity contribution is -0.138. The van der Waals surface area contributed by atoms with Gasteiger partial charge in [0.2, 0.25) is 0 Å². The predicted molar refractivity (Wildman–Crippen MR) is 195 cm³/mol. The van der Waals surface area contributed by atoms with Gasteiger partial charge in [0.05, 0.1) is 14.8 Å². The first kappa shape index (κ1) is 36.3. The number of nitrogens with zero attached hydrogens (tertiary/aromatic N) is 1. The fourth-order valence-corrected chi connectivity index (χ4v) is 11.7. The molecule has 4 nitrogen and oxygen atoms in total. The molecule has 0 aliphatic heterocycles. The van der Waals surface area contributed by atoms with Gasteiger partial charge in [-0.25, -0.2) is 0 Å². The molecule has 0 aromatic heterocycles. The normalized spacial score (nSPS) is 32.5. The Hall–Kier alpha value is -1.96. The zero-order valence-electron chi connectivity index (χ0n) is 28.4. The number of alkyl halides is 3. The van der Waals surface area contributed by atoms with E-state index in [2.05, 4.69) is 35.8 Å². The van der Waals surface area contributed by atoms with Gasteiger partial charge in [-0.15, -0.1) is 0 Å². The number of hydrogen-bond donors (Lipinski definition) is 3. The van der Waals surface area contributed by atoms with E-state index in [4.69, 9.17) is 5.73 Å². The fraction of sp³-hybridized carbons (Fsp3) is 0.641. The molecule has 0 amide bonds. The molecule has 0 saturated heterocycles. The number of allylic oxidation sites excluding steroid dienone is 5. The summed E-state index contributed by atoms with van der Waals surface area (Å²) in [6.45, 7) is 6.95. The van der Waals surface area contributed by atoms with Gasteiger partial charge in [-0.1, -0.05) is 57.2 Å². The van der Waals surface area contributed by atoms with Gasteiger partial charge in [0.25, 0.3) is 0 Å². The summed E-state index contributed by atoms with van der Waals surface area (Å²) in [6.07, 6.45) is 18.0. The second-order valence-corrected chi connectivity index (χ2v) is 18.1. The van der Waals surface area contributed by atoms with Crippen LogP contribution in [-0.2, 0) is 12.7 Å². The highest BCUT2D eigenvalue weighted by atomic mass is 127. The highest BCUT2D eigenvalue weighted by Crippen LogP contribution is 2.60. The van der Waals surface area contributed by atoms with Crippen LogP contribution in [0.4, 0.5) is 13.2 Å². The van der Waals surface area contributed by atoms with Crippen LogP contribution in [0.2, 0.25) is 0 Å². The van der Waals surface area contributed by atoms with Crippen LogP contribution in [0.1, 0.15) is 103 Å². The number of halogens is 4. The van der Waals surface area contributed by atoms with Crippen LogP contribution < -0.4 is 16.4 Å². The van der Waals surface area contributed by atoms with Gasteiger partial charge in [-0.05, 0) is 150 Å². The molecule has 5 rings (SSSR count). The van der Waals surface area contributed by atoms with Crippen LogP contribution >= 0.6 is 20.7 Å². The summed E-state index contributed by atoms with van der Waals surface area (Å²) < 4.78 is 42.6. The van der Waals surface area contributed by atoms with Crippen LogP contribution in [0.25, 0.3) is 0 Å². The number of nitriles is 1. The monoisotopic (exact) mass is 762 g/mol. The van der Waals surface area contributed by atoms with E-state index >= 15 is 0 Å². The molecule has 0 spiro atoms. The Morgan fingerprint density at radius 3 is 2.49 bits per heavy atom. The number of nitrogens with two attached hydrogens (primary N) is 1. The third kappa shape index (κ3) is 9.19. The molecule has 4 N–H and O–H groups in total. The van der Waals surface area contributed by atoms with Crippen molar-refractivity contribution in [2.45, 2.75) is 110 Å². The molecule has 4 aliphatic carbocycles. The summed E-state index contributed by atoms with van der Waals surface area (Å²) in [5.74, 6) is 4.38. The van der Waals surface area contributed by atoms with E-state index in [9.17, 15) is 18.4 Å². The van der Waals surface area contributed by atoms with Gasteiger partial charge < -0.3 is 11.1 Å². The van der Waals surface area contributed by atoms with Gasteiger partial charge in [-0.3, -0.25) is 5.32 Å². The quantitative estimate of drug-likeness (QED) is 0.0652. The molecule has 1 aromatic carbocycles. The maximum Gasteiger partial charge on any atom is 0.416 e. The Kier molecular flexibility index (Phi) is 12.5. The number of fused-ring (bicyclic) bond motifs is 2. The van der Waals surface area contributed by atoms with Gasteiger partial charge in [0, 0.05) is 22.8 Å². The zero-order chi connectivity index (χ0) is 33.6. The fourth-order valence-electron chi connectivity index (χ4n) is 9.54. The minimum absolute atomic E-state index is 0.105. The molecule has 4 fully saturated rings. The van der Waals surface area contributed by atoms with E-state index in [0.717, 1.165) is 43.6 Å². The molecule has 258 valence electrons. The van der Waals surface area contributed by atoms with Crippen molar-refractivity contribution in [1.29, 1.82) is 5.26 Å². The zero-order valence-corrected chi connectivity index (χ0v) is 30.5. The standard InChI is InChI=1S/C39H54F3IN4/c1-4-8-27-12-14-28(15-13-27)18-36(45)34-20-29-16-17-38(21-32(29)19-33(34)22-38)25-47-37(30(23-44)9-5-2)43-26(3)46-24-31-10-6-7-11-35(31)39(40,41)42/h4-11,27-29,32-34,36,46-47H,12-22,24-25,45H2,1-3H3/b8-4+,9-5+,37-30-. The van der Waals surface area contributed by atoms with Crippen LogP contribution in [0.3, 0.4) is 0 Å². The molecule has 6 unspecified atom stereocenters. The van der Waals surface area contributed by atoms with Crippen molar-refractivity contribution in [3.05, 3.63) is 69.0 Å². The van der Waals surface area contributed by atoms with Crippen molar-refractivity contribution in [1.82, 2.24) is 10.6 Å². The third-order valence-electron chi connectivity index (χ3n) is 11.8. The molecule has 0 radical (unpaired) electrons. The van der Waals surface area contributed by atoms with Crippen molar-refractivity contribution in [2.75, 3.05) is 6.54 Å². The van der Waals surface area contributed by atoms with E-state index in [0.29, 0.717) is 23.5 Å². The summed E-state index contributed by atoms with van der Waals surface area (Å²) in [5.41, 5.74) is 7.57. The summed E-state index contributed by atoms with van der Waals surface area (Å²) >= 11 is -0.798. The lowest BCUT2D eigenvalue weighted by Gasteiger charge is -2.58. The van der Waals surface area contributed by atoms with Crippen molar-refractivity contribution >= 4 is 24.4 Å². The SMILES string of the molecule is C/C=C/C(C#N)=C(/NCC12CCC3CC(C(N)CC4CCC(/C=C/C)CC4)C(CC3C1)C2)I=C(C)NCc1ccccc1C(F)(F)F. The number of hydrogen-bond acceptors (Lipinski definition) is 4. The Labute approximate surface area is 290 Å². The Bertz CT molecular complexity index is 1380. The third-order valence-corrected chi connectivity index (χ3v) is 14.5. The predicted octanol–water partition coefficient (Wildman–Crippen LogP) is 9.75. The molecule has 0 heterocycles. The number of rotatable bonds is 12. The summed E-state index contributed by atoms with van der Waals surface area (Å²) in [4.78, 5) is 0. The molecular formula is C39H54F3IN4. The largest absolute Gasteiger partial charge is 0.416 e. The molecule has 1 aromatic rings. The van der Waals surface area contributed by atoms with E-state index in [1.807, 2.05) is 26.0 Å². The molecule has 6 atom stereocenters. The van der Waals surface area contributed by atoms with Gasteiger partial charge in [0.1, 0.15) is 6.07 Å². The Morgan fingerprint density at radius 2 is 1.79 bits per heavy atom.